The molecule has 0 bridgehead atoms. The van der Waals surface area contributed by atoms with Gasteiger partial charge in [0.05, 0.1) is 31.4 Å². The van der Waals surface area contributed by atoms with Crippen LogP contribution in [0.25, 0.3) is 5.76 Å². The third-order valence-electron chi connectivity index (χ3n) is 5.47. The lowest BCUT2D eigenvalue weighted by Gasteiger charge is -2.25. The molecule has 33 heavy (non-hydrogen) atoms. The average Bonchev–Trinajstić information content (AvgIpc) is 3.09. The maximum Gasteiger partial charge on any atom is 0.295 e. The summed E-state index contributed by atoms with van der Waals surface area (Å²) < 4.78 is 24.2. The third kappa shape index (κ3) is 4.15. The zero-order valence-corrected chi connectivity index (χ0v) is 18.0. The number of benzene rings is 2. The van der Waals surface area contributed by atoms with Crippen molar-refractivity contribution in [1.29, 1.82) is 0 Å². The Morgan fingerprint density at radius 2 is 1.85 bits per heavy atom. The molecule has 4 rings (SSSR count). The molecule has 2 aromatic carbocycles. The van der Waals surface area contributed by atoms with Crippen molar-refractivity contribution in [2.45, 2.75) is 12.6 Å². The highest BCUT2D eigenvalue weighted by Crippen LogP contribution is 2.42. The monoisotopic (exact) mass is 448 g/mol. The van der Waals surface area contributed by atoms with E-state index in [0.29, 0.717) is 16.9 Å². The smallest absolute Gasteiger partial charge is 0.295 e. The molecular formula is C25H21FN2O5. The number of halogens is 1. The second-order valence-corrected chi connectivity index (χ2v) is 7.41. The molecule has 2 heterocycles. The topological polar surface area (TPSA) is 89.0 Å². The van der Waals surface area contributed by atoms with Crippen LogP contribution in [-0.4, -0.2) is 40.9 Å². The second-order valence-electron chi connectivity index (χ2n) is 7.41. The van der Waals surface area contributed by atoms with E-state index in [1.165, 1.54) is 43.4 Å². The summed E-state index contributed by atoms with van der Waals surface area (Å²) in [5.41, 5.74) is 1.30. The minimum Gasteiger partial charge on any atom is -0.507 e. The molecule has 1 amide bonds. The third-order valence-corrected chi connectivity index (χ3v) is 5.47. The summed E-state index contributed by atoms with van der Waals surface area (Å²) >= 11 is 0. The predicted octanol–water partition coefficient (Wildman–Crippen LogP) is 3.86. The van der Waals surface area contributed by atoms with Gasteiger partial charge < -0.3 is 19.5 Å². The van der Waals surface area contributed by atoms with Crippen molar-refractivity contribution in [3.05, 3.63) is 95.1 Å². The SMILES string of the molecule is COc1ccc(C(O)=C2C(=O)C(=O)N(Cc3cccnc3)C2c2ccc(F)cc2)c(OC)c1. The first-order chi connectivity index (χ1) is 15.9. The van der Waals surface area contributed by atoms with Crippen molar-refractivity contribution in [2.24, 2.45) is 0 Å². The van der Waals surface area contributed by atoms with Gasteiger partial charge in [-0.1, -0.05) is 18.2 Å². The molecule has 0 spiro atoms. The Bertz CT molecular complexity index is 1230. The van der Waals surface area contributed by atoms with Crippen LogP contribution < -0.4 is 9.47 Å². The van der Waals surface area contributed by atoms with Gasteiger partial charge in [-0.3, -0.25) is 14.6 Å². The number of nitrogens with zero attached hydrogens (tertiary/aromatic N) is 2. The number of rotatable bonds is 6. The number of aliphatic hydroxyl groups excluding tert-OH is 1. The molecule has 1 aromatic heterocycles. The molecule has 7 nitrogen and oxygen atoms in total. The molecule has 1 unspecified atom stereocenters. The summed E-state index contributed by atoms with van der Waals surface area (Å²) in [5, 5.41) is 11.2. The van der Waals surface area contributed by atoms with Crippen LogP contribution >= 0.6 is 0 Å². The van der Waals surface area contributed by atoms with Crippen molar-refractivity contribution in [3.8, 4) is 11.5 Å². The fraction of sp³-hybridized carbons (Fsp3) is 0.160. The number of aromatic nitrogens is 1. The summed E-state index contributed by atoms with van der Waals surface area (Å²) in [6, 6.07) is 12.7. The van der Waals surface area contributed by atoms with Crippen molar-refractivity contribution in [3.63, 3.8) is 0 Å². The summed E-state index contributed by atoms with van der Waals surface area (Å²) in [4.78, 5) is 31.6. The van der Waals surface area contributed by atoms with E-state index in [9.17, 15) is 19.1 Å². The van der Waals surface area contributed by atoms with Crippen LogP contribution in [0.15, 0.2) is 72.6 Å². The van der Waals surface area contributed by atoms with Gasteiger partial charge in [0.1, 0.15) is 23.1 Å². The Labute approximate surface area is 189 Å². The summed E-state index contributed by atoms with van der Waals surface area (Å²) in [6.45, 7) is 0.0803. The van der Waals surface area contributed by atoms with E-state index in [4.69, 9.17) is 9.47 Å². The van der Waals surface area contributed by atoms with Crippen LogP contribution in [0.2, 0.25) is 0 Å². The predicted molar refractivity (Wildman–Crippen MR) is 118 cm³/mol. The molecular weight excluding hydrogens is 427 g/mol. The average molecular weight is 448 g/mol. The van der Waals surface area contributed by atoms with E-state index in [0.717, 1.165) is 0 Å². The lowest BCUT2D eigenvalue weighted by molar-refractivity contribution is -0.140. The second kappa shape index (κ2) is 9.12. The van der Waals surface area contributed by atoms with Gasteiger partial charge in [0.15, 0.2) is 0 Å². The maximum absolute atomic E-state index is 13.6. The summed E-state index contributed by atoms with van der Waals surface area (Å²) in [7, 11) is 2.91. The van der Waals surface area contributed by atoms with E-state index < -0.39 is 29.3 Å². The Kier molecular flexibility index (Phi) is 6.08. The van der Waals surface area contributed by atoms with Gasteiger partial charge in [0.2, 0.25) is 0 Å². The zero-order chi connectivity index (χ0) is 23.5. The number of Topliss-reactive ketones (excluding diaryl/α,β-unsaturated/α-hetero) is 1. The van der Waals surface area contributed by atoms with Gasteiger partial charge in [-0.05, 0) is 41.5 Å². The highest BCUT2D eigenvalue weighted by atomic mass is 19.1. The van der Waals surface area contributed by atoms with Crippen LogP contribution in [0.3, 0.4) is 0 Å². The number of hydrogen-bond donors (Lipinski definition) is 1. The number of methoxy groups -OCH3 is 2. The van der Waals surface area contributed by atoms with Gasteiger partial charge in [-0.2, -0.15) is 0 Å². The number of carbonyl (C=O) groups is 2. The largest absolute Gasteiger partial charge is 0.507 e. The number of carbonyl (C=O) groups excluding carboxylic acids is 2. The Balaban J connectivity index is 1.89. The molecule has 0 saturated carbocycles. The van der Waals surface area contributed by atoms with Crippen molar-refractivity contribution < 1.29 is 28.6 Å². The first-order valence-corrected chi connectivity index (χ1v) is 10.1. The fourth-order valence-electron chi connectivity index (χ4n) is 3.86. The van der Waals surface area contributed by atoms with Crippen LogP contribution in [0, 0.1) is 5.82 Å². The molecule has 8 heteroatoms. The van der Waals surface area contributed by atoms with Gasteiger partial charge in [-0.25, -0.2) is 4.39 Å². The Morgan fingerprint density at radius 1 is 1.09 bits per heavy atom. The molecule has 1 atom stereocenters. The standard InChI is InChI=1S/C25H21FN2O5/c1-32-18-9-10-19(20(12-18)33-2)23(29)21-22(16-5-7-17(26)8-6-16)28(25(31)24(21)30)14-15-4-3-11-27-13-15/h3-13,22,29H,14H2,1-2H3. The quantitative estimate of drug-likeness (QED) is 0.350. The molecule has 1 N–H and O–H groups in total. The molecule has 0 aliphatic carbocycles. The van der Waals surface area contributed by atoms with Crippen LogP contribution in [0.4, 0.5) is 4.39 Å². The Morgan fingerprint density at radius 3 is 2.48 bits per heavy atom. The summed E-state index contributed by atoms with van der Waals surface area (Å²) in [5.74, 6) is -1.71. The Hall–Kier alpha value is -4.20. The lowest BCUT2D eigenvalue weighted by Crippen LogP contribution is -2.29. The van der Waals surface area contributed by atoms with E-state index in [1.54, 1.807) is 42.7 Å². The number of ether oxygens (including phenoxy) is 2. The van der Waals surface area contributed by atoms with E-state index in [-0.39, 0.29) is 23.4 Å². The summed E-state index contributed by atoms with van der Waals surface area (Å²) in [6.07, 6.45) is 3.19. The van der Waals surface area contributed by atoms with Crippen molar-refractivity contribution >= 4 is 17.4 Å². The van der Waals surface area contributed by atoms with Crippen LogP contribution in [0.5, 0.6) is 11.5 Å². The van der Waals surface area contributed by atoms with Gasteiger partial charge >= 0.3 is 0 Å². The van der Waals surface area contributed by atoms with Crippen LogP contribution in [-0.2, 0) is 16.1 Å². The van der Waals surface area contributed by atoms with Gasteiger partial charge in [0, 0.05) is 25.0 Å². The molecule has 1 saturated heterocycles. The number of likely N-dealkylation sites (tertiary alicyclic amines) is 1. The van der Waals surface area contributed by atoms with E-state index >= 15 is 0 Å². The molecule has 1 aliphatic rings. The van der Waals surface area contributed by atoms with Crippen molar-refractivity contribution in [2.75, 3.05) is 14.2 Å². The highest BCUT2D eigenvalue weighted by Gasteiger charge is 2.46. The van der Waals surface area contributed by atoms with Crippen molar-refractivity contribution in [1.82, 2.24) is 9.88 Å². The van der Waals surface area contributed by atoms with E-state index in [1.807, 2.05) is 0 Å². The lowest BCUT2D eigenvalue weighted by atomic mass is 9.95. The van der Waals surface area contributed by atoms with E-state index in [2.05, 4.69) is 4.98 Å². The van der Waals surface area contributed by atoms with Gasteiger partial charge in [0.25, 0.3) is 11.7 Å². The molecule has 1 fully saturated rings. The molecule has 168 valence electrons. The number of aliphatic hydroxyl groups is 1. The first kappa shape index (κ1) is 22.0. The number of hydrogen-bond acceptors (Lipinski definition) is 6. The van der Waals surface area contributed by atoms with Crippen LogP contribution in [0.1, 0.15) is 22.7 Å². The normalized spacial score (nSPS) is 17.3. The minimum absolute atomic E-state index is 0.0803. The first-order valence-electron chi connectivity index (χ1n) is 10.1. The highest BCUT2D eigenvalue weighted by molar-refractivity contribution is 6.46. The molecule has 0 radical (unpaired) electrons. The minimum atomic E-state index is -0.933. The fourth-order valence-corrected chi connectivity index (χ4v) is 3.86. The molecule has 3 aromatic rings. The number of amides is 1. The molecule has 1 aliphatic heterocycles. The maximum atomic E-state index is 13.6. The number of pyridine rings is 1. The van der Waals surface area contributed by atoms with Gasteiger partial charge in [-0.15, -0.1) is 0 Å². The zero-order valence-electron chi connectivity index (χ0n) is 18.0. The number of ketones is 1.